The molecular weight excluding hydrogens is 752 g/mol. The Kier molecular flexibility index (Phi) is 99.8. The molecule has 0 rings (SSSR count). The quantitative estimate of drug-likeness (QED) is 0.137. The third kappa shape index (κ3) is 304. The Morgan fingerprint density at radius 2 is 0.474 bits per heavy atom. The van der Waals surface area contributed by atoms with Crippen molar-refractivity contribution in [1.29, 1.82) is 0 Å². The van der Waals surface area contributed by atoms with Gasteiger partial charge >= 0.3 is 171 Å². The van der Waals surface area contributed by atoms with E-state index in [1.807, 2.05) is 0 Å². The van der Waals surface area contributed by atoms with E-state index in [0.717, 1.165) is 0 Å². The van der Waals surface area contributed by atoms with E-state index in [0.29, 0.717) is 0 Å². The Balaban J connectivity index is -0.0000000305. The Morgan fingerprint density at radius 1 is 0.421 bits per heavy atom. The Bertz CT molecular complexity index is 558. The summed E-state index contributed by atoms with van der Waals surface area (Å²) in [4.78, 5) is 80.3. The van der Waals surface area contributed by atoms with Crippen LogP contribution in [0.2, 0.25) is 0 Å². The van der Waals surface area contributed by atoms with Gasteiger partial charge in [0.25, 0.3) is 0 Å². The molecule has 0 bridgehead atoms. The molecule has 0 amide bonds. The Labute approximate surface area is 282 Å². The van der Waals surface area contributed by atoms with Crippen LogP contribution in [0.1, 0.15) is 0 Å². The van der Waals surface area contributed by atoms with Crippen LogP contribution in [0.25, 0.3) is 0 Å². The summed E-state index contributed by atoms with van der Waals surface area (Å²) in [5.41, 5.74) is 0. The van der Waals surface area contributed by atoms with Crippen LogP contribution >= 0.6 is 0 Å². The first-order valence-electron chi connectivity index (χ1n) is 5.96. The molecule has 200 valence electrons. The van der Waals surface area contributed by atoms with Gasteiger partial charge in [-0.05, 0) is 0 Å². The van der Waals surface area contributed by atoms with Gasteiger partial charge in [-0.15, -0.1) is 0 Å². The van der Waals surface area contributed by atoms with Crippen LogP contribution in [0, 0.1) is 0 Å². The second-order valence-electron chi connectivity index (χ2n) is 2.59. The van der Waals surface area contributed by atoms with E-state index >= 15 is 0 Å². The molecule has 38 heavy (non-hydrogen) atoms. The summed E-state index contributed by atoms with van der Waals surface area (Å²) in [6.45, 7) is 0. The molecule has 0 spiro atoms. The molecule has 0 atom stereocenters. The fraction of sp³-hybridized carbons (Fsp3) is 0. The standard InChI is InChI=1S/2Al.3Mg.3H2O5Si2.2O3Si.4O/c;;;;;3*1-6(2)5-7(3)4;2*1-4(2)3;;;;/h;;;;;3*1,3H;;;;;;/q;;3*+2;;;;2*-2;;;2*-1. The van der Waals surface area contributed by atoms with Crippen molar-refractivity contribution in [1.82, 2.24) is 0 Å². The van der Waals surface area contributed by atoms with Crippen LogP contribution in [0.15, 0.2) is 0 Å². The molecule has 0 aromatic rings. The summed E-state index contributed by atoms with van der Waals surface area (Å²) in [6.07, 6.45) is 0. The second-order valence-corrected chi connectivity index (χ2v) is 9.62. The third-order valence-corrected chi connectivity index (χ3v) is 4.71. The van der Waals surface area contributed by atoms with E-state index in [1.165, 1.54) is 0 Å². The van der Waals surface area contributed by atoms with Crippen molar-refractivity contribution in [3.8, 4) is 0 Å². The van der Waals surface area contributed by atoms with Crippen LogP contribution in [-0.2, 0) is 55.6 Å². The predicted molar refractivity (Wildman–Crippen MR) is 98.2 cm³/mol. The van der Waals surface area contributed by atoms with Crippen molar-refractivity contribution >= 4 is 173 Å². The first-order chi connectivity index (χ1) is 15.7. The monoisotopic (exact) mass is 756 g/mol. The fourth-order valence-electron chi connectivity index (χ4n) is 0.224. The number of hydrogen-bond acceptors (Lipinski definition) is 19. The van der Waals surface area contributed by atoms with Crippen LogP contribution in [0.5, 0.6) is 0 Å². The molecule has 38 heteroatoms. The van der Waals surface area contributed by atoms with Gasteiger partial charge in [-0.25, -0.2) is 0 Å². The SMILES string of the molecule is O=[Si](O)O[Si](=O)O.O=[Si](O)O[Si](=O)O.O=[Si](O)O[Si](=O)O.O=[Si]([O-])[O-].O=[Si]([O-])[O-].[Mg+2].[Mg+2].[Mg+2].[O]=[Al][O-].[O]=[Al][O-]. The van der Waals surface area contributed by atoms with Crippen molar-refractivity contribution in [3.63, 3.8) is 0 Å². The average Bonchev–Trinajstić information content (AvgIpc) is 2.52. The first kappa shape index (κ1) is 66.4. The second kappa shape index (κ2) is 57.1. The molecule has 0 aromatic carbocycles. The van der Waals surface area contributed by atoms with E-state index < -0.39 is 104 Å². The number of rotatable bonds is 6. The van der Waals surface area contributed by atoms with E-state index in [4.69, 9.17) is 72.8 Å². The topological polar surface area (TPSA) is 458 Å². The zero-order valence-corrected chi connectivity index (χ0v) is 32.3. The zero-order chi connectivity index (χ0) is 30.2. The minimum absolute atomic E-state index is 0. The molecule has 0 unspecified atom stereocenters. The molecule has 25 nitrogen and oxygen atoms in total. The van der Waals surface area contributed by atoms with Crippen LogP contribution in [0.4, 0.5) is 0 Å². The van der Waals surface area contributed by atoms with Crippen LogP contribution in [0.3, 0.4) is 0 Å². The van der Waals surface area contributed by atoms with Gasteiger partial charge in [0.15, 0.2) is 0 Å². The minimum atomic E-state index is -3.63. The fourth-order valence-corrected chi connectivity index (χ4v) is 2.02. The van der Waals surface area contributed by atoms with E-state index in [-0.39, 0.29) is 69.2 Å². The van der Waals surface area contributed by atoms with Gasteiger partial charge in [-0.2, -0.15) is 0 Å². The third-order valence-electron chi connectivity index (χ3n) is 0.524. The maximum atomic E-state index is 9.44. The molecule has 0 aliphatic heterocycles. The molecule has 0 aliphatic rings. The molecule has 0 saturated carbocycles. The van der Waals surface area contributed by atoms with Crippen molar-refractivity contribution < 1.29 is 112 Å². The number of hydrogen-bond donors (Lipinski definition) is 6. The molecule has 0 aliphatic carbocycles. The van der Waals surface area contributed by atoms with Crippen molar-refractivity contribution in [2.45, 2.75) is 0 Å². The van der Waals surface area contributed by atoms with E-state index in [2.05, 4.69) is 12.3 Å². The zero-order valence-electron chi connectivity index (χ0n) is 17.7. The molecule has 0 radical (unpaired) electrons. The Hall–Kier alpha value is 0.0987. The van der Waals surface area contributed by atoms with Crippen molar-refractivity contribution in [2.24, 2.45) is 0 Å². The maximum absolute atomic E-state index is 9.44. The van der Waals surface area contributed by atoms with Crippen LogP contribution < -0.4 is 27.5 Å². The summed E-state index contributed by atoms with van der Waals surface area (Å²) in [5, 5.41) is 0. The van der Waals surface area contributed by atoms with Crippen molar-refractivity contribution in [2.75, 3.05) is 0 Å². The van der Waals surface area contributed by atoms with Crippen molar-refractivity contribution in [3.05, 3.63) is 0 Å². The summed E-state index contributed by atoms with van der Waals surface area (Å²) >= 11 is -3.50. The predicted octanol–water partition coefficient (Wildman–Crippen LogP) is -16.8. The van der Waals surface area contributed by atoms with Gasteiger partial charge in [-0.3, -0.25) is 26.8 Å². The van der Waals surface area contributed by atoms with Gasteiger partial charge in [0.2, 0.25) is 0 Å². The average molecular weight is 758 g/mol. The molecule has 0 fully saturated rings. The Morgan fingerprint density at radius 3 is 0.474 bits per heavy atom. The normalized spacial score (nSPS) is 5.79. The molecule has 0 aromatic heterocycles. The summed E-state index contributed by atoms with van der Waals surface area (Å²) < 4.78 is 118. The summed E-state index contributed by atoms with van der Waals surface area (Å²) in [7, 11) is -26.5. The van der Waals surface area contributed by atoms with Crippen LogP contribution in [-0.4, -0.2) is 202 Å². The van der Waals surface area contributed by atoms with Gasteiger partial charge in [0.05, 0.1) is 0 Å². The molecular formula is H6Al2Mg3O25Si8. The summed E-state index contributed by atoms with van der Waals surface area (Å²) in [6, 6.07) is 0. The van der Waals surface area contributed by atoms with Gasteiger partial charge in [0.1, 0.15) is 0 Å². The van der Waals surface area contributed by atoms with Gasteiger partial charge in [0, 0.05) is 18.3 Å². The molecule has 6 N–H and O–H groups in total. The molecule has 0 heterocycles. The van der Waals surface area contributed by atoms with E-state index in [1.54, 1.807) is 0 Å². The van der Waals surface area contributed by atoms with E-state index in [9.17, 15) is 26.8 Å². The first-order valence-corrected chi connectivity index (χ1v) is 17.9. The van der Waals surface area contributed by atoms with Gasteiger partial charge in [-0.1, -0.05) is 0 Å². The summed E-state index contributed by atoms with van der Waals surface area (Å²) in [5.74, 6) is 0. The van der Waals surface area contributed by atoms with Gasteiger partial charge < -0.3 is 69.2 Å². The molecule has 0 saturated heterocycles.